The molecular weight excluding hydrogens is 347 g/mol. The maximum Gasteiger partial charge on any atom is 0.573 e. The number of thiazole rings is 1. The molecule has 0 spiro atoms. The van der Waals surface area contributed by atoms with Crippen molar-refractivity contribution in [2.75, 3.05) is 5.32 Å². The molecule has 0 aliphatic carbocycles. The van der Waals surface area contributed by atoms with Crippen LogP contribution in [0.3, 0.4) is 0 Å². The van der Waals surface area contributed by atoms with Gasteiger partial charge in [-0.1, -0.05) is 11.6 Å². The molecule has 0 aliphatic rings. The lowest BCUT2D eigenvalue weighted by Gasteiger charge is -2.10. The first kappa shape index (κ1) is 16.3. The van der Waals surface area contributed by atoms with Gasteiger partial charge >= 0.3 is 12.0 Å². The van der Waals surface area contributed by atoms with E-state index in [-0.39, 0.29) is 12.2 Å². The maximum atomic E-state index is 12.2. The Morgan fingerprint density at radius 1 is 1.45 bits per heavy atom. The van der Waals surface area contributed by atoms with Crippen molar-refractivity contribution in [2.45, 2.75) is 12.9 Å². The smallest absolute Gasteiger partial charge is 0.398 e. The summed E-state index contributed by atoms with van der Waals surface area (Å²) in [6.07, 6.45) is -3.48. The van der Waals surface area contributed by atoms with E-state index < -0.39 is 22.7 Å². The van der Waals surface area contributed by atoms with Crippen molar-refractivity contribution >= 4 is 34.3 Å². The SMILES string of the molecule is O=[N+]([O-])c1cc(NCc2cnc(Cl)s2)ccc1OC(F)(F)F. The number of anilines is 1. The summed E-state index contributed by atoms with van der Waals surface area (Å²) in [6.45, 7) is 0.279. The lowest BCUT2D eigenvalue weighted by Crippen LogP contribution is -2.18. The molecule has 0 aliphatic heterocycles. The Balaban J connectivity index is 2.16. The van der Waals surface area contributed by atoms with Gasteiger partial charge in [-0.25, -0.2) is 4.98 Å². The van der Waals surface area contributed by atoms with Crippen molar-refractivity contribution in [1.29, 1.82) is 0 Å². The molecule has 0 amide bonds. The van der Waals surface area contributed by atoms with Gasteiger partial charge in [-0.2, -0.15) is 0 Å². The molecule has 0 saturated heterocycles. The number of rotatable bonds is 5. The highest BCUT2D eigenvalue weighted by atomic mass is 35.5. The summed E-state index contributed by atoms with van der Waals surface area (Å²) in [5.41, 5.74) is -0.518. The van der Waals surface area contributed by atoms with Gasteiger partial charge in [0.1, 0.15) is 0 Å². The van der Waals surface area contributed by atoms with E-state index in [1.807, 2.05) is 0 Å². The third-order valence-corrected chi connectivity index (χ3v) is 3.49. The number of alkyl halides is 3. The van der Waals surface area contributed by atoms with Gasteiger partial charge in [0.2, 0.25) is 5.75 Å². The zero-order valence-corrected chi connectivity index (χ0v) is 12.1. The zero-order chi connectivity index (χ0) is 16.3. The molecule has 2 rings (SSSR count). The Kier molecular flexibility index (Phi) is 4.71. The van der Waals surface area contributed by atoms with Crippen molar-refractivity contribution < 1.29 is 22.8 Å². The Bertz CT molecular complexity index is 693. The van der Waals surface area contributed by atoms with E-state index in [2.05, 4.69) is 15.0 Å². The van der Waals surface area contributed by atoms with Crippen molar-refractivity contribution in [2.24, 2.45) is 0 Å². The van der Waals surface area contributed by atoms with E-state index in [0.717, 1.165) is 17.0 Å². The lowest BCUT2D eigenvalue weighted by molar-refractivity contribution is -0.388. The number of ether oxygens (including phenoxy) is 1. The van der Waals surface area contributed by atoms with Gasteiger partial charge in [-0.3, -0.25) is 10.1 Å². The minimum Gasteiger partial charge on any atom is -0.398 e. The molecule has 0 fully saturated rings. The second-order valence-corrected chi connectivity index (χ2v) is 5.62. The van der Waals surface area contributed by atoms with E-state index in [1.54, 1.807) is 0 Å². The fourth-order valence-electron chi connectivity index (χ4n) is 1.54. The summed E-state index contributed by atoms with van der Waals surface area (Å²) < 4.78 is 40.5. The number of hydrogen-bond acceptors (Lipinski definition) is 6. The molecule has 118 valence electrons. The Morgan fingerprint density at radius 3 is 2.73 bits per heavy atom. The number of hydrogen-bond donors (Lipinski definition) is 1. The largest absolute Gasteiger partial charge is 0.573 e. The van der Waals surface area contributed by atoms with Crippen molar-refractivity contribution in [3.05, 3.63) is 43.9 Å². The summed E-state index contributed by atoms with van der Waals surface area (Å²) in [6, 6.07) is 3.09. The lowest BCUT2D eigenvalue weighted by atomic mass is 10.2. The third-order valence-electron chi connectivity index (χ3n) is 2.37. The standard InChI is InChI=1S/C11H7ClF3N3O3S/c12-10-17-5-7(22-10)4-16-6-1-2-9(21-11(13,14)15)8(3-6)18(19)20/h1-3,5,16H,4H2. The fraction of sp³-hybridized carbons (Fsp3) is 0.182. The van der Waals surface area contributed by atoms with Gasteiger partial charge in [0.05, 0.1) is 11.5 Å². The van der Waals surface area contributed by atoms with Crippen LogP contribution in [0.1, 0.15) is 4.88 Å². The summed E-state index contributed by atoms with van der Waals surface area (Å²) >= 11 is 6.87. The van der Waals surface area contributed by atoms with Gasteiger partial charge < -0.3 is 10.1 Å². The molecule has 0 unspecified atom stereocenters. The highest BCUT2D eigenvalue weighted by Crippen LogP contribution is 2.34. The maximum absolute atomic E-state index is 12.2. The molecule has 1 N–H and O–H groups in total. The van der Waals surface area contributed by atoms with Crippen LogP contribution in [0.15, 0.2) is 24.4 Å². The third kappa shape index (κ3) is 4.46. The molecule has 1 aromatic heterocycles. The van der Waals surface area contributed by atoms with Crippen molar-refractivity contribution in [3.8, 4) is 5.75 Å². The Hall–Kier alpha value is -2.07. The Morgan fingerprint density at radius 2 is 2.18 bits per heavy atom. The van der Waals surface area contributed by atoms with Crippen LogP contribution >= 0.6 is 22.9 Å². The molecule has 1 aromatic carbocycles. The molecule has 11 heteroatoms. The minimum absolute atomic E-state index is 0.269. The first-order chi connectivity index (χ1) is 10.2. The summed E-state index contributed by atoms with van der Waals surface area (Å²) in [5, 5.41) is 13.7. The molecule has 2 aromatic rings. The van der Waals surface area contributed by atoms with E-state index >= 15 is 0 Å². The van der Waals surface area contributed by atoms with Gasteiger partial charge in [0.15, 0.2) is 4.47 Å². The van der Waals surface area contributed by atoms with Gasteiger partial charge in [0, 0.05) is 22.8 Å². The first-order valence-electron chi connectivity index (χ1n) is 5.63. The fourth-order valence-corrected chi connectivity index (χ4v) is 2.45. The van der Waals surface area contributed by atoms with Gasteiger partial charge in [-0.15, -0.1) is 24.5 Å². The second-order valence-electron chi connectivity index (χ2n) is 3.92. The predicted molar refractivity (Wildman–Crippen MR) is 74.2 cm³/mol. The number of benzene rings is 1. The average molecular weight is 354 g/mol. The Labute approximate surface area is 130 Å². The van der Waals surface area contributed by atoms with Crippen LogP contribution in [0, 0.1) is 10.1 Å². The molecule has 0 bridgehead atoms. The monoisotopic (exact) mass is 353 g/mol. The molecule has 0 saturated carbocycles. The van der Waals surface area contributed by atoms with Crippen LogP contribution in [0.25, 0.3) is 0 Å². The van der Waals surface area contributed by atoms with Crippen LogP contribution in [0.2, 0.25) is 4.47 Å². The van der Waals surface area contributed by atoms with Crippen molar-refractivity contribution in [1.82, 2.24) is 4.98 Å². The molecular formula is C11H7ClF3N3O3S. The summed E-state index contributed by atoms with van der Waals surface area (Å²) in [5.74, 6) is -0.871. The van der Waals surface area contributed by atoms with Crippen LogP contribution in [-0.2, 0) is 6.54 Å². The zero-order valence-electron chi connectivity index (χ0n) is 10.6. The molecule has 1 heterocycles. The van der Waals surface area contributed by atoms with Crippen LogP contribution in [0.5, 0.6) is 5.75 Å². The van der Waals surface area contributed by atoms with Crippen LogP contribution < -0.4 is 10.1 Å². The number of nitrogens with one attached hydrogen (secondary N) is 1. The van der Waals surface area contributed by atoms with Crippen molar-refractivity contribution in [3.63, 3.8) is 0 Å². The topological polar surface area (TPSA) is 77.3 Å². The number of nitrogens with zero attached hydrogens (tertiary/aromatic N) is 2. The molecule has 22 heavy (non-hydrogen) atoms. The number of aromatic nitrogens is 1. The minimum atomic E-state index is -5.00. The van der Waals surface area contributed by atoms with Crippen LogP contribution in [-0.4, -0.2) is 16.3 Å². The van der Waals surface area contributed by atoms with E-state index in [9.17, 15) is 23.3 Å². The van der Waals surface area contributed by atoms with Gasteiger partial charge in [-0.05, 0) is 12.1 Å². The first-order valence-corrected chi connectivity index (χ1v) is 6.82. The molecule has 6 nitrogen and oxygen atoms in total. The number of nitro benzene ring substituents is 1. The van der Waals surface area contributed by atoms with E-state index in [0.29, 0.717) is 4.47 Å². The predicted octanol–water partition coefficient (Wildman–Crippen LogP) is 4.22. The number of halogens is 4. The van der Waals surface area contributed by atoms with Gasteiger partial charge in [0.25, 0.3) is 0 Å². The summed E-state index contributed by atoms with van der Waals surface area (Å²) in [4.78, 5) is 14.5. The quantitative estimate of drug-likeness (QED) is 0.643. The van der Waals surface area contributed by atoms with Crippen LogP contribution in [0.4, 0.5) is 24.5 Å². The normalized spacial score (nSPS) is 11.3. The summed E-state index contributed by atoms with van der Waals surface area (Å²) in [7, 11) is 0. The highest BCUT2D eigenvalue weighted by molar-refractivity contribution is 7.15. The molecule has 0 radical (unpaired) electrons. The highest BCUT2D eigenvalue weighted by Gasteiger charge is 2.34. The average Bonchev–Trinajstić information content (AvgIpc) is 2.81. The van der Waals surface area contributed by atoms with E-state index in [1.165, 1.54) is 23.6 Å². The van der Waals surface area contributed by atoms with E-state index in [4.69, 9.17) is 11.6 Å². The second kappa shape index (κ2) is 6.36. The molecule has 0 atom stereocenters. The number of nitro groups is 1.